The van der Waals surface area contributed by atoms with Crippen molar-refractivity contribution in [2.75, 3.05) is 18.4 Å². The maximum atomic E-state index is 12.0. The highest BCUT2D eigenvalue weighted by molar-refractivity contribution is 6.30. The topological polar surface area (TPSA) is 84.7 Å². The van der Waals surface area contributed by atoms with E-state index in [4.69, 9.17) is 11.6 Å². The van der Waals surface area contributed by atoms with Gasteiger partial charge < -0.3 is 10.6 Å². The Balaban J connectivity index is 1.52. The number of hydrogen-bond acceptors (Lipinski definition) is 5. The third-order valence-corrected chi connectivity index (χ3v) is 4.56. The van der Waals surface area contributed by atoms with Crippen molar-refractivity contribution in [1.82, 2.24) is 25.3 Å². The van der Waals surface area contributed by atoms with Crippen LogP contribution in [0.25, 0.3) is 5.82 Å². The van der Waals surface area contributed by atoms with Crippen LogP contribution in [0.1, 0.15) is 27.3 Å². The molecule has 0 saturated carbocycles. The van der Waals surface area contributed by atoms with E-state index >= 15 is 0 Å². The fraction of sp³-hybridized carbons (Fsp3) is 0.263. The molecule has 140 valence electrons. The number of aromatic nitrogens is 4. The molecule has 0 aliphatic rings. The molecular formula is C19H21ClN6O. The third-order valence-electron chi connectivity index (χ3n) is 4.32. The van der Waals surface area contributed by atoms with Gasteiger partial charge in [-0.3, -0.25) is 4.79 Å². The van der Waals surface area contributed by atoms with Crippen LogP contribution >= 0.6 is 11.6 Å². The number of aryl methyl sites for hydroxylation is 1. The second kappa shape index (κ2) is 8.18. The van der Waals surface area contributed by atoms with Crippen LogP contribution in [0.5, 0.6) is 0 Å². The van der Waals surface area contributed by atoms with Gasteiger partial charge >= 0.3 is 0 Å². The minimum atomic E-state index is -0.166. The lowest BCUT2D eigenvalue weighted by molar-refractivity contribution is 0.0955. The predicted molar refractivity (Wildman–Crippen MR) is 106 cm³/mol. The summed E-state index contributed by atoms with van der Waals surface area (Å²) in [5.41, 5.74) is 3.71. The highest BCUT2D eigenvalue weighted by Crippen LogP contribution is 2.15. The monoisotopic (exact) mass is 384 g/mol. The van der Waals surface area contributed by atoms with Crippen LogP contribution in [0, 0.1) is 20.8 Å². The molecule has 7 nitrogen and oxygen atoms in total. The van der Waals surface area contributed by atoms with Gasteiger partial charge in [0.25, 0.3) is 5.91 Å². The van der Waals surface area contributed by atoms with E-state index in [-0.39, 0.29) is 5.91 Å². The zero-order valence-corrected chi connectivity index (χ0v) is 16.2. The van der Waals surface area contributed by atoms with E-state index in [1.54, 1.807) is 28.9 Å². The fourth-order valence-corrected chi connectivity index (χ4v) is 2.76. The molecule has 0 spiro atoms. The molecule has 0 saturated heterocycles. The number of anilines is 1. The number of carbonyl (C=O) groups excluding carboxylic acids is 1. The molecule has 0 radical (unpaired) electrons. The van der Waals surface area contributed by atoms with Crippen molar-refractivity contribution in [2.24, 2.45) is 0 Å². The lowest BCUT2D eigenvalue weighted by Gasteiger charge is -2.08. The molecule has 3 rings (SSSR count). The van der Waals surface area contributed by atoms with Crippen molar-refractivity contribution in [3.8, 4) is 5.82 Å². The smallest absolute Gasteiger partial charge is 0.251 e. The Morgan fingerprint density at radius 1 is 1.11 bits per heavy atom. The van der Waals surface area contributed by atoms with Crippen molar-refractivity contribution < 1.29 is 4.79 Å². The Morgan fingerprint density at radius 3 is 2.56 bits per heavy atom. The molecule has 27 heavy (non-hydrogen) atoms. The van der Waals surface area contributed by atoms with Crippen LogP contribution < -0.4 is 10.6 Å². The first-order chi connectivity index (χ1) is 13.0. The van der Waals surface area contributed by atoms with Crippen molar-refractivity contribution in [2.45, 2.75) is 20.8 Å². The Labute approximate surface area is 162 Å². The van der Waals surface area contributed by atoms with Gasteiger partial charge in [0, 0.05) is 29.4 Å². The summed E-state index contributed by atoms with van der Waals surface area (Å²) in [5.74, 6) is 1.14. The van der Waals surface area contributed by atoms with E-state index in [0.29, 0.717) is 35.3 Å². The van der Waals surface area contributed by atoms with E-state index in [0.717, 1.165) is 17.0 Å². The molecule has 3 aromatic rings. The van der Waals surface area contributed by atoms with Crippen LogP contribution in [-0.4, -0.2) is 39.0 Å². The van der Waals surface area contributed by atoms with Crippen LogP contribution in [0.2, 0.25) is 5.02 Å². The maximum Gasteiger partial charge on any atom is 0.251 e. The standard InChI is InChI=1S/C19H21ClN6O/c1-12-13(2)25-26(14(12)3)18-8-7-17(23-24-18)21-9-10-22-19(27)15-5-4-6-16(20)11-15/h4-8,11H,9-10H2,1-3H3,(H,21,23)(H,22,27). The summed E-state index contributed by atoms with van der Waals surface area (Å²) >= 11 is 5.89. The fourth-order valence-electron chi connectivity index (χ4n) is 2.57. The zero-order chi connectivity index (χ0) is 19.4. The molecule has 0 aliphatic carbocycles. The molecule has 0 bridgehead atoms. The molecule has 0 aliphatic heterocycles. The third kappa shape index (κ3) is 4.43. The Morgan fingerprint density at radius 2 is 1.93 bits per heavy atom. The predicted octanol–water partition coefficient (Wildman–Crippen LogP) is 3.08. The number of nitrogens with zero attached hydrogens (tertiary/aromatic N) is 4. The number of carbonyl (C=O) groups is 1. The lowest BCUT2D eigenvalue weighted by atomic mass is 10.2. The molecule has 8 heteroatoms. The molecule has 0 fully saturated rings. The summed E-state index contributed by atoms with van der Waals surface area (Å²) in [6, 6.07) is 10.5. The number of nitrogens with one attached hydrogen (secondary N) is 2. The lowest BCUT2D eigenvalue weighted by Crippen LogP contribution is -2.28. The summed E-state index contributed by atoms with van der Waals surface area (Å²) in [6.45, 7) is 6.99. The minimum absolute atomic E-state index is 0.166. The summed E-state index contributed by atoms with van der Waals surface area (Å²) in [6.07, 6.45) is 0. The van der Waals surface area contributed by atoms with E-state index in [1.165, 1.54) is 0 Å². The van der Waals surface area contributed by atoms with E-state index < -0.39 is 0 Å². The van der Waals surface area contributed by atoms with E-state index in [1.807, 2.05) is 32.9 Å². The van der Waals surface area contributed by atoms with Crippen molar-refractivity contribution in [3.63, 3.8) is 0 Å². The van der Waals surface area contributed by atoms with Gasteiger partial charge in [-0.1, -0.05) is 17.7 Å². The van der Waals surface area contributed by atoms with E-state index in [9.17, 15) is 4.79 Å². The number of halogens is 1. The molecule has 2 heterocycles. The van der Waals surface area contributed by atoms with Gasteiger partial charge in [0.05, 0.1) is 5.69 Å². The van der Waals surface area contributed by atoms with Crippen LogP contribution in [0.4, 0.5) is 5.82 Å². The largest absolute Gasteiger partial charge is 0.367 e. The van der Waals surface area contributed by atoms with Crippen molar-refractivity contribution in [3.05, 3.63) is 63.9 Å². The van der Waals surface area contributed by atoms with Gasteiger partial charge in [-0.2, -0.15) is 5.10 Å². The molecular weight excluding hydrogens is 364 g/mol. The normalized spacial score (nSPS) is 10.7. The minimum Gasteiger partial charge on any atom is -0.367 e. The van der Waals surface area contributed by atoms with Crippen LogP contribution in [0.15, 0.2) is 36.4 Å². The van der Waals surface area contributed by atoms with Crippen LogP contribution in [-0.2, 0) is 0 Å². The summed E-state index contributed by atoms with van der Waals surface area (Å²) in [4.78, 5) is 12.0. The summed E-state index contributed by atoms with van der Waals surface area (Å²) in [5, 5.41) is 19.4. The molecule has 0 unspecified atom stereocenters. The number of amides is 1. The average molecular weight is 385 g/mol. The SMILES string of the molecule is Cc1nn(-c2ccc(NCCNC(=O)c3cccc(Cl)c3)nn2)c(C)c1C. The van der Waals surface area contributed by atoms with Crippen molar-refractivity contribution in [1.29, 1.82) is 0 Å². The first-order valence-electron chi connectivity index (χ1n) is 8.60. The van der Waals surface area contributed by atoms with Gasteiger partial charge in [-0.15, -0.1) is 10.2 Å². The van der Waals surface area contributed by atoms with Crippen molar-refractivity contribution >= 4 is 23.3 Å². The van der Waals surface area contributed by atoms with Gasteiger partial charge in [0.1, 0.15) is 5.82 Å². The van der Waals surface area contributed by atoms with Gasteiger partial charge in [-0.25, -0.2) is 4.68 Å². The number of hydrogen-bond donors (Lipinski definition) is 2. The first kappa shape index (κ1) is 18.8. The van der Waals surface area contributed by atoms with E-state index in [2.05, 4.69) is 25.9 Å². The number of benzene rings is 1. The second-order valence-corrected chi connectivity index (χ2v) is 6.61. The molecule has 1 amide bonds. The second-order valence-electron chi connectivity index (χ2n) is 6.18. The molecule has 0 atom stereocenters. The first-order valence-corrected chi connectivity index (χ1v) is 8.98. The maximum absolute atomic E-state index is 12.0. The summed E-state index contributed by atoms with van der Waals surface area (Å²) in [7, 11) is 0. The Bertz CT molecular complexity index is 951. The number of rotatable bonds is 6. The molecule has 2 aromatic heterocycles. The molecule has 1 aromatic carbocycles. The van der Waals surface area contributed by atoms with Gasteiger partial charge in [-0.05, 0) is 56.7 Å². The zero-order valence-electron chi connectivity index (χ0n) is 15.5. The molecule has 2 N–H and O–H groups in total. The highest BCUT2D eigenvalue weighted by atomic mass is 35.5. The quantitative estimate of drug-likeness (QED) is 0.638. The summed E-state index contributed by atoms with van der Waals surface area (Å²) < 4.78 is 1.78. The Hall–Kier alpha value is -2.93. The van der Waals surface area contributed by atoms with Gasteiger partial charge in [0.15, 0.2) is 5.82 Å². The van der Waals surface area contributed by atoms with Gasteiger partial charge in [0.2, 0.25) is 0 Å². The highest BCUT2D eigenvalue weighted by Gasteiger charge is 2.10. The van der Waals surface area contributed by atoms with Crippen LogP contribution in [0.3, 0.4) is 0 Å². The Kier molecular flexibility index (Phi) is 5.71. The average Bonchev–Trinajstić information content (AvgIpc) is 2.93.